The number of thiophene rings is 1. The molecule has 0 atom stereocenters. The highest BCUT2D eigenvalue weighted by molar-refractivity contribution is 7.16. The lowest BCUT2D eigenvalue weighted by Crippen LogP contribution is -2.23. The van der Waals surface area contributed by atoms with E-state index in [1.807, 2.05) is 0 Å². The molecule has 1 aromatic carbocycles. The van der Waals surface area contributed by atoms with Crippen LogP contribution in [-0.2, 0) is 11.3 Å². The molecule has 0 unspecified atom stereocenters. The maximum Gasteiger partial charge on any atom is 0.262 e. The Kier molecular flexibility index (Phi) is 3.97. The molecule has 22 heavy (non-hydrogen) atoms. The number of aromatic nitrogens is 2. The number of anilines is 1. The fraction of sp³-hybridized carbons (Fsp3) is 0.133. The topological polar surface area (TPSA) is 64.0 Å². The second kappa shape index (κ2) is 6.07. The van der Waals surface area contributed by atoms with E-state index in [0.717, 1.165) is 0 Å². The molecule has 0 fully saturated rings. The van der Waals surface area contributed by atoms with Gasteiger partial charge in [0.2, 0.25) is 5.91 Å². The smallest absolute Gasteiger partial charge is 0.262 e. The van der Waals surface area contributed by atoms with Crippen LogP contribution in [0.5, 0.6) is 0 Å². The van der Waals surface area contributed by atoms with Crippen molar-refractivity contribution < 1.29 is 9.18 Å². The summed E-state index contributed by atoms with van der Waals surface area (Å²) in [6.07, 6.45) is 1.55. The van der Waals surface area contributed by atoms with Crippen molar-refractivity contribution in [3.63, 3.8) is 0 Å². The zero-order valence-electron chi connectivity index (χ0n) is 11.5. The Morgan fingerprint density at radius 3 is 3.05 bits per heavy atom. The number of carbonyl (C=O) groups excluding carboxylic acids is 1. The van der Waals surface area contributed by atoms with Gasteiger partial charge in [0, 0.05) is 18.7 Å². The van der Waals surface area contributed by atoms with E-state index < -0.39 is 5.82 Å². The molecule has 0 radical (unpaired) electrons. The summed E-state index contributed by atoms with van der Waals surface area (Å²) >= 11 is 1.40. The molecule has 0 aliphatic heterocycles. The maximum atomic E-state index is 13.0. The summed E-state index contributed by atoms with van der Waals surface area (Å²) in [6.45, 7) is 0.221. The summed E-state index contributed by atoms with van der Waals surface area (Å²) in [4.78, 5) is 28.9. The average Bonchev–Trinajstić information content (AvgIpc) is 2.96. The molecule has 2 aromatic heterocycles. The van der Waals surface area contributed by atoms with Gasteiger partial charge < -0.3 is 5.32 Å². The number of carbonyl (C=O) groups is 1. The van der Waals surface area contributed by atoms with Crippen molar-refractivity contribution in [1.29, 1.82) is 0 Å². The maximum absolute atomic E-state index is 13.0. The Labute approximate surface area is 129 Å². The van der Waals surface area contributed by atoms with Crippen LogP contribution in [0.4, 0.5) is 10.1 Å². The molecule has 0 aliphatic rings. The molecule has 5 nitrogen and oxygen atoms in total. The van der Waals surface area contributed by atoms with Crippen LogP contribution in [0, 0.1) is 5.82 Å². The third-order valence-electron chi connectivity index (χ3n) is 3.14. The van der Waals surface area contributed by atoms with Crippen molar-refractivity contribution in [3.05, 3.63) is 58.2 Å². The average molecular weight is 317 g/mol. The quantitative estimate of drug-likeness (QED) is 0.804. The predicted molar refractivity (Wildman–Crippen MR) is 83.5 cm³/mol. The SMILES string of the molecule is O=C(CCn1cnc2sccc2c1=O)Nc1cccc(F)c1. The van der Waals surface area contributed by atoms with Crippen LogP contribution in [0.2, 0.25) is 0 Å². The van der Waals surface area contributed by atoms with Gasteiger partial charge in [0.05, 0.1) is 11.7 Å². The van der Waals surface area contributed by atoms with Crippen LogP contribution >= 0.6 is 11.3 Å². The van der Waals surface area contributed by atoms with E-state index in [-0.39, 0.29) is 24.4 Å². The molecule has 0 bridgehead atoms. The van der Waals surface area contributed by atoms with Crippen molar-refractivity contribution in [3.8, 4) is 0 Å². The van der Waals surface area contributed by atoms with Crippen LogP contribution in [0.1, 0.15) is 6.42 Å². The Bertz CT molecular complexity index is 888. The van der Waals surface area contributed by atoms with Crippen LogP contribution in [0.3, 0.4) is 0 Å². The number of rotatable bonds is 4. The van der Waals surface area contributed by atoms with Gasteiger partial charge in [-0.05, 0) is 29.6 Å². The third-order valence-corrected chi connectivity index (χ3v) is 3.96. The summed E-state index contributed by atoms with van der Waals surface area (Å²) in [5, 5.41) is 4.95. The van der Waals surface area contributed by atoms with E-state index in [2.05, 4.69) is 10.3 Å². The minimum absolute atomic E-state index is 0.105. The summed E-state index contributed by atoms with van der Waals surface area (Å²) in [6, 6.07) is 7.38. The van der Waals surface area contributed by atoms with Crippen LogP contribution in [0.25, 0.3) is 10.2 Å². The van der Waals surface area contributed by atoms with Gasteiger partial charge in [0.25, 0.3) is 5.56 Å². The lowest BCUT2D eigenvalue weighted by Gasteiger charge is -2.07. The second-order valence-electron chi connectivity index (χ2n) is 4.69. The van der Waals surface area contributed by atoms with Crippen LogP contribution in [-0.4, -0.2) is 15.5 Å². The number of benzene rings is 1. The lowest BCUT2D eigenvalue weighted by molar-refractivity contribution is -0.116. The Balaban J connectivity index is 1.67. The first-order valence-electron chi connectivity index (χ1n) is 6.61. The monoisotopic (exact) mass is 317 g/mol. The fourth-order valence-corrected chi connectivity index (χ4v) is 2.79. The summed E-state index contributed by atoms with van der Waals surface area (Å²) in [7, 11) is 0. The summed E-state index contributed by atoms with van der Waals surface area (Å²) in [5.74, 6) is -0.705. The number of halogens is 1. The minimum Gasteiger partial charge on any atom is -0.326 e. The normalized spacial score (nSPS) is 10.8. The third kappa shape index (κ3) is 3.04. The first kappa shape index (κ1) is 14.4. The number of hydrogen-bond acceptors (Lipinski definition) is 4. The molecule has 2 heterocycles. The molecule has 0 saturated heterocycles. The van der Waals surface area contributed by atoms with E-state index >= 15 is 0 Å². The van der Waals surface area contributed by atoms with Gasteiger partial charge >= 0.3 is 0 Å². The van der Waals surface area contributed by atoms with Gasteiger partial charge in [-0.15, -0.1) is 11.3 Å². The number of nitrogens with zero attached hydrogens (tertiary/aromatic N) is 2. The molecule has 3 aromatic rings. The Morgan fingerprint density at radius 1 is 1.36 bits per heavy atom. The molecule has 7 heteroatoms. The van der Waals surface area contributed by atoms with Crippen molar-refractivity contribution in [1.82, 2.24) is 9.55 Å². The standard InChI is InChI=1S/C15H12FN3O2S/c16-10-2-1-3-11(8-10)18-13(20)4-6-19-9-17-14-12(15(19)21)5-7-22-14/h1-3,5,7-9H,4,6H2,(H,18,20). The highest BCUT2D eigenvalue weighted by atomic mass is 32.1. The van der Waals surface area contributed by atoms with E-state index in [4.69, 9.17) is 0 Å². The summed E-state index contributed by atoms with van der Waals surface area (Å²) < 4.78 is 14.4. The number of fused-ring (bicyclic) bond motifs is 1. The molecular weight excluding hydrogens is 305 g/mol. The van der Waals surface area contributed by atoms with Crippen molar-refractivity contribution in [2.24, 2.45) is 0 Å². The second-order valence-corrected chi connectivity index (χ2v) is 5.59. The number of nitrogens with one attached hydrogen (secondary N) is 1. The zero-order chi connectivity index (χ0) is 15.5. The molecule has 0 aliphatic carbocycles. The van der Waals surface area contributed by atoms with E-state index in [9.17, 15) is 14.0 Å². The van der Waals surface area contributed by atoms with Crippen LogP contribution < -0.4 is 10.9 Å². The molecule has 112 valence electrons. The van der Waals surface area contributed by atoms with Gasteiger partial charge in [-0.3, -0.25) is 14.2 Å². The number of amides is 1. The molecule has 1 N–H and O–H groups in total. The largest absolute Gasteiger partial charge is 0.326 e. The zero-order valence-corrected chi connectivity index (χ0v) is 12.3. The predicted octanol–water partition coefficient (Wildman–Crippen LogP) is 2.63. The highest BCUT2D eigenvalue weighted by Crippen LogP contribution is 2.13. The van der Waals surface area contributed by atoms with Gasteiger partial charge in [0.1, 0.15) is 10.6 Å². The first-order chi connectivity index (χ1) is 10.6. The van der Waals surface area contributed by atoms with Gasteiger partial charge in [-0.2, -0.15) is 0 Å². The number of hydrogen-bond donors (Lipinski definition) is 1. The highest BCUT2D eigenvalue weighted by Gasteiger charge is 2.08. The van der Waals surface area contributed by atoms with Gasteiger partial charge in [-0.1, -0.05) is 6.07 Å². The van der Waals surface area contributed by atoms with E-state index in [1.165, 1.54) is 40.4 Å². The van der Waals surface area contributed by atoms with E-state index in [1.54, 1.807) is 17.5 Å². The Morgan fingerprint density at radius 2 is 2.23 bits per heavy atom. The minimum atomic E-state index is -0.416. The van der Waals surface area contributed by atoms with Crippen LogP contribution in [0.15, 0.2) is 46.8 Å². The molecule has 0 saturated carbocycles. The van der Waals surface area contributed by atoms with Crippen molar-refractivity contribution >= 4 is 33.1 Å². The van der Waals surface area contributed by atoms with Crippen molar-refractivity contribution in [2.75, 3.05) is 5.32 Å². The molecule has 1 amide bonds. The van der Waals surface area contributed by atoms with Gasteiger partial charge in [0.15, 0.2) is 0 Å². The molecule has 3 rings (SSSR count). The molecule has 0 spiro atoms. The first-order valence-corrected chi connectivity index (χ1v) is 7.49. The van der Waals surface area contributed by atoms with E-state index in [0.29, 0.717) is 15.9 Å². The fourth-order valence-electron chi connectivity index (χ4n) is 2.06. The Hall–Kier alpha value is -2.54. The van der Waals surface area contributed by atoms with Gasteiger partial charge in [-0.25, -0.2) is 9.37 Å². The number of aryl methyl sites for hydroxylation is 1. The molecular formula is C15H12FN3O2S. The summed E-state index contributed by atoms with van der Waals surface area (Å²) in [5.41, 5.74) is 0.230. The lowest BCUT2D eigenvalue weighted by atomic mass is 10.3. The van der Waals surface area contributed by atoms with Crippen molar-refractivity contribution in [2.45, 2.75) is 13.0 Å².